The first-order chi connectivity index (χ1) is 15.6. The maximum Gasteiger partial charge on any atom is 0.231 e. The van der Waals surface area contributed by atoms with Gasteiger partial charge in [-0.25, -0.2) is 0 Å². The smallest absolute Gasteiger partial charge is 0.231 e. The van der Waals surface area contributed by atoms with Crippen LogP contribution in [0, 0.1) is 0 Å². The minimum absolute atomic E-state index is 0.0319. The summed E-state index contributed by atoms with van der Waals surface area (Å²) in [4.78, 5) is 13.2. The highest BCUT2D eigenvalue weighted by atomic mass is 16.7. The molecule has 0 radical (unpaired) electrons. The molecule has 6 nitrogen and oxygen atoms in total. The standard InChI is InChI=1S/C26H20O6/c27-20-13-23-24(25(28)18(20)9-5-4-8-16-6-2-1-3-7-16)26(29)19(14-30-23)17-10-11-21-22(12-17)32-15-31-21/h1-7,10-14,27-28H,8-9,15H2/b5-4+. The molecule has 2 N–H and O–H groups in total. The Hall–Kier alpha value is -4.19. The zero-order valence-electron chi connectivity index (χ0n) is 17.1. The Kier molecular flexibility index (Phi) is 5.03. The summed E-state index contributed by atoms with van der Waals surface area (Å²) < 4.78 is 16.3. The van der Waals surface area contributed by atoms with Crippen LogP contribution in [-0.4, -0.2) is 17.0 Å². The monoisotopic (exact) mass is 428 g/mol. The molecule has 5 rings (SSSR count). The molecule has 160 valence electrons. The quantitative estimate of drug-likeness (QED) is 0.438. The first kappa shape index (κ1) is 19.8. The van der Waals surface area contributed by atoms with Crippen LogP contribution in [0.15, 0.2) is 82.2 Å². The molecule has 0 bridgehead atoms. The molecule has 0 fully saturated rings. The summed E-state index contributed by atoms with van der Waals surface area (Å²) in [6, 6.07) is 16.5. The number of rotatable bonds is 5. The van der Waals surface area contributed by atoms with E-state index in [1.54, 1.807) is 18.2 Å². The van der Waals surface area contributed by atoms with Gasteiger partial charge in [-0.15, -0.1) is 0 Å². The first-order valence-electron chi connectivity index (χ1n) is 10.2. The number of phenolic OH excluding ortho intramolecular Hbond substituents is 2. The van der Waals surface area contributed by atoms with Crippen LogP contribution in [0.25, 0.3) is 22.1 Å². The lowest BCUT2D eigenvalue weighted by Crippen LogP contribution is -2.06. The summed E-state index contributed by atoms with van der Waals surface area (Å²) in [6.45, 7) is 0.131. The zero-order chi connectivity index (χ0) is 22.1. The van der Waals surface area contributed by atoms with Crippen LogP contribution in [-0.2, 0) is 12.8 Å². The lowest BCUT2D eigenvalue weighted by Gasteiger charge is -2.10. The van der Waals surface area contributed by atoms with Gasteiger partial charge in [0.05, 0.1) is 5.56 Å². The molecule has 1 aromatic heterocycles. The van der Waals surface area contributed by atoms with E-state index in [0.29, 0.717) is 17.1 Å². The van der Waals surface area contributed by atoms with E-state index in [4.69, 9.17) is 13.9 Å². The number of allylic oxidation sites excluding steroid dienone is 2. The molecule has 1 aliphatic rings. The minimum atomic E-state index is -0.392. The van der Waals surface area contributed by atoms with Crippen molar-refractivity contribution in [1.29, 1.82) is 0 Å². The molecule has 0 unspecified atom stereocenters. The molecular formula is C26H20O6. The third-order valence-electron chi connectivity index (χ3n) is 5.49. The molecule has 6 heteroatoms. The van der Waals surface area contributed by atoms with Gasteiger partial charge in [-0.3, -0.25) is 4.79 Å². The SMILES string of the molecule is O=c1c(-c2ccc3c(c2)OCO3)coc2cc(O)c(C/C=C/Cc3ccccc3)c(O)c12. The van der Waals surface area contributed by atoms with Gasteiger partial charge in [0.2, 0.25) is 12.2 Å². The van der Waals surface area contributed by atoms with E-state index in [-0.39, 0.29) is 46.8 Å². The molecule has 0 spiro atoms. The van der Waals surface area contributed by atoms with Gasteiger partial charge >= 0.3 is 0 Å². The van der Waals surface area contributed by atoms with Gasteiger partial charge < -0.3 is 24.1 Å². The van der Waals surface area contributed by atoms with Crippen molar-refractivity contribution in [2.75, 3.05) is 6.79 Å². The highest BCUT2D eigenvalue weighted by molar-refractivity contribution is 5.90. The van der Waals surface area contributed by atoms with E-state index >= 15 is 0 Å². The lowest BCUT2D eigenvalue weighted by atomic mass is 10.0. The predicted molar refractivity (Wildman–Crippen MR) is 120 cm³/mol. The lowest BCUT2D eigenvalue weighted by molar-refractivity contribution is 0.174. The van der Waals surface area contributed by atoms with Crippen LogP contribution < -0.4 is 14.9 Å². The molecule has 0 aliphatic carbocycles. The van der Waals surface area contributed by atoms with E-state index in [1.807, 2.05) is 42.5 Å². The van der Waals surface area contributed by atoms with Crippen molar-refractivity contribution in [3.05, 3.63) is 94.4 Å². The molecule has 32 heavy (non-hydrogen) atoms. The van der Waals surface area contributed by atoms with Crippen LogP contribution in [0.2, 0.25) is 0 Å². The average molecular weight is 428 g/mol. The largest absolute Gasteiger partial charge is 0.507 e. The minimum Gasteiger partial charge on any atom is -0.507 e. The third-order valence-corrected chi connectivity index (χ3v) is 5.49. The highest BCUT2D eigenvalue weighted by Gasteiger charge is 2.20. The second-order valence-corrected chi connectivity index (χ2v) is 7.51. The van der Waals surface area contributed by atoms with Gasteiger partial charge in [0.1, 0.15) is 28.7 Å². The number of hydrogen-bond acceptors (Lipinski definition) is 6. The summed E-state index contributed by atoms with van der Waals surface area (Å²) in [7, 11) is 0. The predicted octanol–water partition coefficient (Wildman–Crippen LogP) is 4.94. The Labute approximate surface area is 183 Å². The third kappa shape index (κ3) is 3.56. The van der Waals surface area contributed by atoms with Gasteiger partial charge in [-0.2, -0.15) is 0 Å². The number of aromatic hydroxyl groups is 2. The summed E-state index contributed by atoms with van der Waals surface area (Å²) >= 11 is 0. The van der Waals surface area contributed by atoms with Gasteiger partial charge in [0.25, 0.3) is 0 Å². The van der Waals surface area contributed by atoms with Gasteiger partial charge in [0.15, 0.2) is 11.5 Å². The molecular weight excluding hydrogens is 408 g/mol. The maximum absolute atomic E-state index is 13.2. The topological polar surface area (TPSA) is 89.1 Å². The summed E-state index contributed by atoms with van der Waals surface area (Å²) in [5.41, 5.74) is 2.02. The van der Waals surface area contributed by atoms with Crippen LogP contribution >= 0.6 is 0 Å². The Bertz CT molecular complexity index is 1390. The van der Waals surface area contributed by atoms with Crippen LogP contribution in [0.3, 0.4) is 0 Å². The summed E-state index contributed by atoms with van der Waals surface area (Å²) in [5.74, 6) is 0.747. The number of ether oxygens (including phenoxy) is 2. The highest BCUT2D eigenvalue weighted by Crippen LogP contribution is 2.38. The number of phenols is 2. The summed E-state index contributed by atoms with van der Waals surface area (Å²) in [5, 5.41) is 21.3. The molecule has 1 aliphatic heterocycles. The molecule has 2 heterocycles. The maximum atomic E-state index is 13.2. The normalized spacial score (nSPS) is 12.6. The fraction of sp³-hybridized carbons (Fsp3) is 0.115. The molecule has 0 amide bonds. The van der Waals surface area contributed by atoms with Gasteiger partial charge in [-0.1, -0.05) is 48.6 Å². The van der Waals surface area contributed by atoms with Crippen molar-refractivity contribution in [2.45, 2.75) is 12.8 Å². The van der Waals surface area contributed by atoms with Crippen LogP contribution in [0.1, 0.15) is 11.1 Å². The molecule has 0 saturated heterocycles. The molecule has 4 aromatic rings. The zero-order valence-corrected chi connectivity index (χ0v) is 17.1. The Morgan fingerprint density at radius 1 is 0.906 bits per heavy atom. The van der Waals surface area contributed by atoms with Gasteiger partial charge in [-0.05, 0) is 36.1 Å². The Balaban J connectivity index is 1.50. The van der Waals surface area contributed by atoms with E-state index in [9.17, 15) is 15.0 Å². The Morgan fingerprint density at radius 2 is 1.69 bits per heavy atom. The second-order valence-electron chi connectivity index (χ2n) is 7.51. The van der Waals surface area contributed by atoms with Crippen molar-refractivity contribution < 1.29 is 24.1 Å². The van der Waals surface area contributed by atoms with Crippen molar-refractivity contribution >= 4 is 11.0 Å². The van der Waals surface area contributed by atoms with Crippen LogP contribution in [0.4, 0.5) is 0 Å². The second kappa shape index (κ2) is 8.15. The van der Waals surface area contributed by atoms with Crippen molar-refractivity contribution in [3.63, 3.8) is 0 Å². The molecule has 3 aromatic carbocycles. The average Bonchev–Trinajstić information content (AvgIpc) is 3.27. The Morgan fingerprint density at radius 3 is 2.53 bits per heavy atom. The van der Waals surface area contributed by atoms with Crippen molar-refractivity contribution in [1.82, 2.24) is 0 Å². The van der Waals surface area contributed by atoms with Crippen LogP contribution in [0.5, 0.6) is 23.0 Å². The number of hydrogen-bond donors (Lipinski definition) is 2. The van der Waals surface area contributed by atoms with E-state index in [0.717, 1.165) is 12.0 Å². The van der Waals surface area contributed by atoms with Crippen molar-refractivity contribution in [2.24, 2.45) is 0 Å². The van der Waals surface area contributed by atoms with E-state index in [1.165, 1.54) is 12.3 Å². The van der Waals surface area contributed by atoms with Gasteiger partial charge in [0, 0.05) is 11.6 Å². The molecule has 0 atom stereocenters. The number of benzene rings is 3. The van der Waals surface area contributed by atoms with E-state index in [2.05, 4.69) is 0 Å². The molecule has 0 saturated carbocycles. The fourth-order valence-corrected chi connectivity index (χ4v) is 3.79. The number of fused-ring (bicyclic) bond motifs is 2. The first-order valence-corrected chi connectivity index (χ1v) is 10.2. The summed E-state index contributed by atoms with van der Waals surface area (Å²) in [6.07, 6.45) is 6.14. The fourth-order valence-electron chi connectivity index (χ4n) is 3.79. The van der Waals surface area contributed by atoms with E-state index < -0.39 is 5.43 Å². The van der Waals surface area contributed by atoms with Crippen molar-refractivity contribution in [3.8, 4) is 34.1 Å².